The molecule has 0 unspecified atom stereocenters. The molecular formula is C11H15N3O. The molecule has 0 saturated heterocycles. The number of pyridine rings is 1. The topological polar surface area (TPSA) is 72.0 Å². The number of amidine groups is 1. The minimum atomic E-state index is 0.0370. The Morgan fingerprint density at radius 3 is 2.67 bits per heavy atom. The van der Waals surface area contributed by atoms with E-state index < -0.39 is 0 Å². The van der Waals surface area contributed by atoms with Crippen molar-refractivity contribution in [3.63, 3.8) is 0 Å². The van der Waals surface area contributed by atoms with E-state index in [1.54, 1.807) is 18.3 Å². The Morgan fingerprint density at radius 2 is 2.13 bits per heavy atom. The van der Waals surface area contributed by atoms with E-state index in [9.17, 15) is 0 Å². The van der Waals surface area contributed by atoms with Crippen LogP contribution in [0.25, 0.3) is 0 Å². The Balaban J connectivity index is 2.00. The van der Waals surface area contributed by atoms with Crippen molar-refractivity contribution in [3.8, 4) is 5.88 Å². The fraction of sp³-hybridized carbons (Fsp3) is 0.455. The van der Waals surface area contributed by atoms with Gasteiger partial charge in [-0.05, 0) is 31.7 Å². The molecule has 1 saturated carbocycles. The van der Waals surface area contributed by atoms with E-state index in [0.717, 1.165) is 12.8 Å². The van der Waals surface area contributed by atoms with Gasteiger partial charge in [-0.25, -0.2) is 4.98 Å². The van der Waals surface area contributed by atoms with Gasteiger partial charge in [-0.1, -0.05) is 0 Å². The lowest BCUT2D eigenvalue weighted by molar-refractivity contribution is 0.201. The van der Waals surface area contributed by atoms with E-state index >= 15 is 0 Å². The summed E-state index contributed by atoms with van der Waals surface area (Å²) in [6.07, 6.45) is 6.63. The Morgan fingerprint density at radius 1 is 1.40 bits per heavy atom. The van der Waals surface area contributed by atoms with Gasteiger partial charge in [0.05, 0.1) is 0 Å². The van der Waals surface area contributed by atoms with E-state index in [1.165, 1.54) is 12.8 Å². The zero-order valence-electron chi connectivity index (χ0n) is 8.57. The van der Waals surface area contributed by atoms with Gasteiger partial charge in [0.2, 0.25) is 5.88 Å². The molecule has 4 heteroatoms. The third-order valence-corrected chi connectivity index (χ3v) is 2.64. The summed E-state index contributed by atoms with van der Waals surface area (Å²) in [4.78, 5) is 4.12. The number of hydrogen-bond donors (Lipinski definition) is 2. The number of nitrogens with one attached hydrogen (secondary N) is 1. The predicted molar refractivity (Wildman–Crippen MR) is 58.1 cm³/mol. The van der Waals surface area contributed by atoms with Gasteiger partial charge in [-0.3, -0.25) is 5.41 Å². The van der Waals surface area contributed by atoms with Gasteiger partial charge < -0.3 is 10.5 Å². The Kier molecular flexibility index (Phi) is 2.85. The van der Waals surface area contributed by atoms with E-state index in [-0.39, 0.29) is 5.84 Å². The van der Waals surface area contributed by atoms with Crippen LogP contribution in [0.15, 0.2) is 18.3 Å². The number of ether oxygens (including phenoxy) is 1. The van der Waals surface area contributed by atoms with Crippen LogP contribution in [0.3, 0.4) is 0 Å². The van der Waals surface area contributed by atoms with E-state index in [0.29, 0.717) is 17.5 Å². The fourth-order valence-electron chi connectivity index (χ4n) is 1.79. The molecule has 0 atom stereocenters. The summed E-state index contributed by atoms with van der Waals surface area (Å²) in [5.41, 5.74) is 5.96. The number of rotatable bonds is 3. The Bertz CT molecular complexity index is 341. The molecule has 2 rings (SSSR count). The number of aromatic nitrogens is 1. The Labute approximate surface area is 89.0 Å². The molecule has 0 aliphatic heterocycles. The van der Waals surface area contributed by atoms with Crippen molar-refractivity contribution in [2.24, 2.45) is 5.73 Å². The van der Waals surface area contributed by atoms with Crippen molar-refractivity contribution in [3.05, 3.63) is 23.9 Å². The first-order chi connectivity index (χ1) is 7.25. The maximum Gasteiger partial charge on any atom is 0.213 e. The fourth-order valence-corrected chi connectivity index (χ4v) is 1.79. The first kappa shape index (κ1) is 9.96. The van der Waals surface area contributed by atoms with Crippen LogP contribution in [0.2, 0.25) is 0 Å². The summed E-state index contributed by atoms with van der Waals surface area (Å²) < 4.78 is 5.69. The highest BCUT2D eigenvalue weighted by Crippen LogP contribution is 2.22. The highest BCUT2D eigenvalue weighted by molar-refractivity contribution is 5.94. The van der Waals surface area contributed by atoms with Gasteiger partial charge >= 0.3 is 0 Å². The van der Waals surface area contributed by atoms with Crippen LogP contribution in [-0.4, -0.2) is 16.9 Å². The van der Waals surface area contributed by atoms with Gasteiger partial charge in [0.1, 0.15) is 11.9 Å². The van der Waals surface area contributed by atoms with Crippen molar-refractivity contribution in [1.29, 1.82) is 5.41 Å². The van der Waals surface area contributed by atoms with Crippen LogP contribution < -0.4 is 10.5 Å². The summed E-state index contributed by atoms with van der Waals surface area (Å²) in [5.74, 6) is 0.668. The van der Waals surface area contributed by atoms with Gasteiger partial charge in [0.15, 0.2) is 0 Å². The van der Waals surface area contributed by atoms with Crippen molar-refractivity contribution in [2.45, 2.75) is 31.8 Å². The lowest BCUT2D eigenvalue weighted by Crippen LogP contribution is -2.13. The minimum absolute atomic E-state index is 0.0370. The van der Waals surface area contributed by atoms with Gasteiger partial charge in [0, 0.05) is 17.8 Å². The zero-order valence-corrected chi connectivity index (χ0v) is 8.57. The molecule has 0 radical (unpaired) electrons. The van der Waals surface area contributed by atoms with Crippen LogP contribution in [0.1, 0.15) is 31.2 Å². The minimum Gasteiger partial charge on any atom is -0.474 e. The molecule has 0 aromatic carbocycles. The van der Waals surface area contributed by atoms with Crippen molar-refractivity contribution in [2.75, 3.05) is 0 Å². The van der Waals surface area contributed by atoms with Gasteiger partial charge in [-0.15, -0.1) is 0 Å². The zero-order chi connectivity index (χ0) is 10.7. The van der Waals surface area contributed by atoms with E-state index in [2.05, 4.69) is 4.98 Å². The summed E-state index contributed by atoms with van der Waals surface area (Å²) in [7, 11) is 0. The SMILES string of the molecule is N=C(N)c1ccc(OC2CCCC2)nc1. The predicted octanol–water partition coefficient (Wildman–Crippen LogP) is 1.69. The van der Waals surface area contributed by atoms with Crippen LogP contribution >= 0.6 is 0 Å². The highest BCUT2D eigenvalue weighted by Gasteiger charge is 2.16. The molecule has 0 amide bonds. The van der Waals surface area contributed by atoms with Crippen LogP contribution in [0.4, 0.5) is 0 Å². The molecule has 1 aromatic heterocycles. The lowest BCUT2D eigenvalue weighted by atomic mass is 10.2. The van der Waals surface area contributed by atoms with Crippen molar-refractivity contribution < 1.29 is 4.74 Å². The first-order valence-corrected chi connectivity index (χ1v) is 5.23. The van der Waals surface area contributed by atoms with Crippen LogP contribution in [-0.2, 0) is 0 Å². The average molecular weight is 205 g/mol. The number of nitrogens with zero attached hydrogens (tertiary/aromatic N) is 1. The van der Waals surface area contributed by atoms with E-state index in [1.807, 2.05) is 0 Å². The molecule has 0 spiro atoms. The molecule has 1 aromatic rings. The third-order valence-electron chi connectivity index (χ3n) is 2.64. The monoisotopic (exact) mass is 205 g/mol. The number of hydrogen-bond acceptors (Lipinski definition) is 3. The normalized spacial score (nSPS) is 16.5. The van der Waals surface area contributed by atoms with Crippen LogP contribution in [0, 0.1) is 5.41 Å². The second-order valence-corrected chi connectivity index (χ2v) is 3.82. The molecule has 1 heterocycles. The summed E-state index contributed by atoms with van der Waals surface area (Å²) in [6.45, 7) is 0. The van der Waals surface area contributed by atoms with Crippen molar-refractivity contribution in [1.82, 2.24) is 4.98 Å². The standard InChI is InChI=1S/C11H15N3O/c12-11(13)8-5-6-10(14-7-8)15-9-3-1-2-4-9/h5-7,9H,1-4H2,(H3,12,13). The maximum absolute atomic E-state index is 7.23. The second kappa shape index (κ2) is 4.29. The first-order valence-electron chi connectivity index (χ1n) is 5.23. The van der Waals surface area contributed by atoms with Gasteiger partial charge in [-0.2, -0.15) is 0 Å². The smallest absolute Gasteiger partial charge is 0.213 e. The molecule has 1 aliphatic carbocycles. The Hall–Kier alpha value is -1.58. The third kappa shape index (κ3) is 2.46. The lowest BCUT2D eigenvalue weighted by Gasteiger charge is -2.11. The van der Waals surface area contributed by atoms with Gasteiger partial charge in [0.25, 0.3) is 0 Å². The number of nitrogens with two attached hydrogens (primary N) is 1. The largest absolute Gasteiger partial charge is 0.474 e. The molecule has 0 bridgehead atoms. The summed E-state index contributed by atoms with van der Waals surface area (Å²) in [6, 6.07) is 3.54. The molecule has 1 fully saturated rings. The molecular weight excluding hydrogens is 190 g/mol. The summed E-state index contributed by atoms with van der Waals surface area (Å²) in [5, 5.41) is 7.23. The van der Waals surface area contributed by atoms with Crippen LogP contribution in [0.5, 0.6) is 5.88 Å². The molecule has 1 aliphatic rings. The average Bonchev–Trinajstić information content (AvgIpc) is 2.71. The number of nitrogen functional groups attached to an aromatic ring is 1. The second-order valence-electron chi connectivity index (χ2n) is 3.82. The molecule has 80 valence electrons. The summed E-state index contributed by atoms with van der Waals surface area (Å²) >= 11 is 0. The van der Waals surface area contributed by atoms with Crippen molar-refractivity contribution >= 4 is 5.84 Å². The highest BCUT2D eigenvalue weighted by atomic mass is 16.5. The maximum atomic E-state index is 7.23. The quantitative estimate of drug-likeness (QED) is 0.582. The molecule has 4 nitrogen and oxygen atoms in total. The molecule has 3 N–H and O–H groups in total. The van der Waals surface area contributed by atoms with E-state index in [4.69, 9.17) is 15.9 Å². The molecule has 15 heavy (non-hydrogen) atoms.